The number of esters is 1. The molecule has 32 heavy (non-hydrogen) atoms. The first-order valence-electron chi connectivity index (χ1n) is 10.8. The van der Waals surface area contributed by atoms with Gasteiger partial charge in [0.25, 0.3) is 0 Å². The molecule has 0 atom stereocenters. The predicted octanol–water partition coefficient (Wildman–Crippen LogP) is 4.08. The summed E-state index contributed by atoms with van der Waals surface area (Å²) in [7, 11) is 2.13. The van der Waals surface area contributed by atoms with Gasteiger partial charge in [-0.15, -0.1) is 0 Å². The monoisotopic (exact) mass is 433 g/mol. The summed E-state index contributed by atoms with van der Waals surface area (Å²) >= 11 is 0. The summed E-state index contributed by atoms with van der Waals surface area (Å²) in [6, 6.07) is 11.4. The number of hydrogen-bond donors (Lipinski definition) is 0. The Hall–Kier alpha value is -3.25. The number of aromatic nitrogens is 1. The first-order valence-corrected chi connectivity index (χ1v) is 10.8. The third-order valence-electron chi connectivity index (χ3n) is 5.05. The number of pyridine rings is 1. The average Bonchev–Trinajstić information content (AvgIpc) is 2.76. The molecule has 1 fully saturated rings. The summed E-state index contributed by atoms with van der Waals surface area (Å²) in [4.78, 5) is 33.2. The van der Waals surface area contributed by atoms with Crippen molar-refractivity contribution < 1.29 is 14.3 Å². The number of hydrogen-bond acceptors (Lipinski definition) is 6. The third-order valence-corrected chi connectivity index (χ3v) is 5.05. The maximum Gasteiger partial charge on any atom is 0.331 e. The predicted molar refractivity (Wildman–Crippen MR) is 129 cm³/mol. The topological polar surface area (TPSA) is 62.7 Å². The fourth-order valence-corrected chi connectivity index (χ4v) is 3.27. The lowest BCUT2D eigenvalue weighted by molar-refractivity contribution is -0.148. The highest BCUT2D eigenvalue weighted by Crippen LogP contribution is 2.18. The van der Waals surface area contributed by atoms with Gasteiger partial charge in [-0.25, -0.2) is 4.79 Å². The van der Waals surface area contributed by atoms with E-state index < -0.39 is 11.6 Å². The molecule has 6 nitrogen and oxygen atoms in total. The molecular weight excluding hydrogens is 402 g/mol. The number of likely N-dealkylation sites (N-methyl/N-ethyl adjacent to an activating group) is 1. The molecule has 168 valence electrons. The van der Waals surface area contributed by atoms with Crippen molar-refractivity contribution >= 4 is 29.6 Å². The van der Waals surface area contributed by atoms with E-state index in [0.717, 1.165) is 37.4 Å². The van der Waals surface area contributed by atoms with Crippen LogP contribution >= 0.6 is 0 Å². The molecule has 0 aliphatic carbocycles. The van der Waals surface area contributed by atoms with Crippen LogP contribution in [0.5, 0.6) is 0 Å². The van der Waals surface area contributed by atoms with E-state index >= 15 is 0 Å². The van der Waals surface area contributed by atoms with Crippen molar-refractivity contribution in [3.05, 3.63) is 71.6 Å². The minimum atomic E-state index is -0.527. The summed E-state index contributed by atoms with van der Waals surface area (Å²) in [6.45, 7) is 9.56. The third kappa shape index (κ3) is 7.17. The van der Waals surface area contributed by atoms with Crippen LogP contribution in [0.2, 0.25) is 0 Å². The highest BCUT2D eigenvalue weighted by atomic mass is 16.6. The van der Waals surface area contributed by atoms with Gasteiger partial charge in [0.1, 0.15) is 5.60 Å². The van der Waals surface area contributed by atoms with Crippen LogP contribution in [0.15, 0.2) is 54.7 Å². The quantitative estimate of drug-likeness (QED) is 0.389. The average molecular weight is 434 g/mol. The minimum Gasteiger partial charge on any atom is -0.457 e. The molecule has 1 aromatic carbocycles. The number of ketones is 1. The van der Waals surface area contributed by atoms with E-state index in [0.29, 0.717) is 11.3 Å². The molecule has 1 aliphatic heterocycles. The molecule has 1 aliphatic rings. The zero-order chi connectivity index (χ0) is 23.1. The zero-order valence-electron chi connectivity index (χ0n) is 19.2. The molecule has 0 radical (unpaired) electrons. The van der Waals surface area contributed by atoms with Crippen molar-refractivity contribution in [1.82, 2.24) is 9.88 Å². The van der Waals surface area contributed by atoms with Gasteiger partial charge in [-0.1, -0.05) is 6.07 Å². The minimum absolute atomic E-state index is 0.0520. The molecule has 0 unspecified atom stereocenters. The van der Waals surface area contributed by atoms with Gasteiger partial charge in [0.2, 0.25) is 0 Å². The zero-order valence-corrected chi connectivity index (χ0v) is 19.2. The molecule has 2 heterocycles. The molecular formula is C26H31N3O3. The summed E-state index contributed by atoms with van der Waals surface area (Å²) in [5, 5.41) is 0. The van der Waals surface area contributed by atoms with E-state index in [1.54, 1.807) is 30.5 Å². The van der Waals surface area contributed by atoms with E-state index in [1.165, 1.54) is 6.08 Å². The highest BCUT2D eigenvalue weighted by Gasteiger charge is 2.15. The van der Waals surface area contributed by atoms with E-state index in [-0.39, 0.29) is 5.78 Å². The Kier molecular flexibility index (Phi) is 7.59. The molecule has 0 saturated carbocycles. The van der Waals surface area contributed by atoms with E-state index in [2.05, 4.69) is 21.8 Å². The number of nitrogens with zero attached hydrogens (tertiary/aromatic N) is 3. The van der Waals surface area contributed by atoms with Crippen molar-refractivity contribution in [1.29, 1.82) is 0 Å². The number of carbonyl (C=O) groups is 2. The van der Waals surface area contributed by atoms with Gasteiger partial charge in [-0.05, 0) is 81.9 Å². The van der Waals surface area contributed by atoms with Crippen LogP contribution < -0.4 is 4.90 Å². The summed E-state index contributed by atoms with van der Waals surface area (Å²) in [5.74, 6) is -0.462. The Bertz CT molecular complexity index is 978. The van der Waals surface area contributed by atoms with E-state index in [1.807, 2.05) is 51.1 Å². The number of carbonyl (C=O) groups excluding carboxylic acids is 2. The van der Waals surface area contributed by atoms with Gasteiger partial charge < -0.3 is 14.5 Å². The first-order chi connectivity index (χ1) is 15.2. The number of anilines is 1. The van der Waals surface area contributed by atoms with Crippen molar-refractivity contribution in [3.63, 3.8) is 0 Å². The number of allylic oxidation sites excluding steroid dienone is 1. The molecule has 0 amide bonds. The normalized spacial score (nSPS) is 15.4. The Morgan fingerprint density at radius 2 is 1.62 bits per heavy atom. The van der Waals surface area contributed by atoms with Gasteiger partial charge in [-0.2, -0.15) is 0 Å². The van der Waals surface area contributed by atoms with Gasteiger partial charge in [0, 0.05) is 49.7 Å². The lowest BCUT2D eigenvalue weighted by atomic mass is 10.1. The molecule has 1 aromatic heterocycles. The van der Waals surface area contributed by atoms with E-state index in [4.69, 9.17) is 4.74 Å². The summed E-state index contributed by atoms with van der Waals surface area (Å²) < 4.78 is 5.23. The second-order valence-electron chi connectivity index (χ2n) is 8.92. The maximum absolute atomic E-state index is 12.5. The standard InChI is InChI=1S/C26H31N3O3/c1-26(2,3)32-25(31)14-10-22-9-5-20(19-27-22)6-13-24(30)21-7-11-23(12-8-21)29-17-15-28(4)16-18-29/h5-14,19H,15-18H2,1-4H3. The Balaban J connectivity index is 1.55. The molecule has 3 rings (SSSR count). The van der Waals surface area contributed by atoms with Crippen LogP contribution in [0.1, 0.15) is 42.4 Å². The van der Waals surface area contributed by atoms with Crippen LogP contribution in [-0.4, -0.2) is 60.5 Å². The highest BCUT2D eigenvalue weighted by molar-refractivity contribution is 6.07. The second kappa shape index (κ2) is 10.4. The van der Waals surface area contributed by atoms with Crippen LogP contribution in [0.25, 0.3) is 12.2 Å². The van der Waals surface area contributed by atoms with Gasteiger partial charge in [0.05, 0.1) is 5.69 Å². The maximum atomic E-state index is 12.5. The Morgan fingerprint density at radius 3 is 2.22 bits per heavy atom. The number of benzene rings is 1. The molecule has 6 heteroatoms. The van der Waals surface area contributed by atoms with Gasteiger partial charge in [-0.3, -0.25) is 9.78 Å². The number of ether oxygens (including phenoxy) is 1. The molecule has 2 aromatic rings. The van der Waals surface area contributed by atoms with Gasteiger partial charge in [0.15, 0.2) is 5.78 Å². The summed E-state index contributed by atoms with van der Waals surface area (Å²) in [6.07, 6.45) is 7.92. The lowest BCUT2D eigenvalue weighted by Gasteiger charge is -2.34. The largest absolute Gasteiger partial charge is 0.457 e. The fraction of sp³-hybridized carbons (Fsp3) is 0.346. The Morgan fingerprint density at radius 1 is 0.938 bits per heavy atom. The van der Waals surface area contributed by atoms with Crippen LogP contribution in [0.3, 0.4) is 0 Å². The van der Waals surface area contributed by atoms with Crippen LogP contribution in [0, 0.1) is 0 Å². The lowest BCUT2D eigenvalue weighted by Crippen LogP contribution is -2.44. The molecule has 0 bridgehead atoms. The SMILES string of the molecule is CN1CCN(c2ccc(C(=O)C=Cc3ccc(C=CC(=O)OC(C)(C)C)nc3)cc2)CC1. The summed E-state index contributed by atoms with van der Waals surface area (Å²) in [5.41, 5.74) is 2.73. The van der Waals surface area contributed by atoms with E-state index in [9.17, 15) is 9.59 Å². The fourth-order valence-electron chi connectivity index (χ4n) is 3.27. The van der Waals surface area contributed by atoms with Crippen molar-refractivity contribution in [2.45, 2.75) is 26.4 Å². The molecule has 1 saturated heterocycles. The number of piperazine rings is 1. The second-order valence-corrected chi connectivity index (χ2v) is 8.92. The van der Waals surface area contributed by atoms with Crippen molar-refractivity contribution in [2.75, 3.05) is 38.1 Å². The van der Waals surface area contributed by atoms with Crippen LogP contribution in [-0.2, 0) is 9.53 Å². The number of rotatable bonds is 6. The van der Waals surface area contributed by atoms with Crippen molar-refractivity contribution in [2.24, 2.45) is 0 Å². The molecule has 0 N–H and O–H groups in total. The first kappa shape index (κ1) is 23.4. The Labute approximate surface area is 190 Å². The van der Waals surface area contributed by atoms with Gasteiger partial charge >= 0.3 is 5.97 Å². The van der Waals surface area contributed by atoms with Crippen molar-refractivity contribution in [3.8, 4) is 0 Å². The van der Waals surface area contributed by atoms with Crippen LogP contribution in [0.4, 0.5) is 5.69 Å². The smallest absolute Gasteiger partial charge is 0.331 e. The molecule has 0 spiro atoms.